The lowest BCUT2D eigenvalue weighted by Crippen LogP contribution is -2.32. The lowest BCUT2D eigenvalue weighted by Gasteiger charge is -2.08. The minimum atomic E-state index is -3.88. The number of hydrogen-bond acceptors (Lipinski definition) is 4. The van der Waals surface area contributed by atoms with Gasteiger partial charge in [0.05, 0.1) is 23.1 Å². The minimum absolute atomic E-state index is 0.0601. The van der Waals surface area contributed by atoms with Crippen molar-refractivity contribution in [3.8, 4) is 6.07 Å². The van der Waals surface area contributed by atoms with Crippen LogP contribution in [-0.2, 0) is 14.8 Å². The SMILES string of the molecule is N#Cc1ccc(S(=O)(=O)NCC(=O)Nc2cccc(F)c2)cc1. The molecule has 0 unspecified atom stereocenters. The van der Waals surface area contributed by atoms with Crippen molar-refractivity contribution in [3.05, 3.63) is 59.9 Å². The number of nitrogens with zero attached hydrogens (tertiary/aromatic N) is 1. The third-order valence-electron chi connectivity index (χ3n) is 2.82. The summed E-state index contributed by atoms with van der Waals surface area (Å²) >= 11 is 0. The first kappa shape index (κ1) is 16.6. The molecule has 8 heteroatoms. The fraction of sp³-hybridized carbons (Fsp3) is 0.0667. The molecule has 0 aliphatic rings. The summed E-state index contributed by atoms with van der Waals surface area (Å²) in [6, 6.07) is 12.4. The summed E-state index contributed by atoms with van der Waals surface area (Å²) in [5.74, 6) is -1.14. The highest BCUT2D eigenvalue weighted by atomic mass is 32.2. The molecule has 0 bridgehead atoms. The molecular weight excluding hydrogens is 321 g/mol. The van der Waals surface area contributed by atoms with E-state index in [1.54, 1.807) is 0 Å². The molecule has 0 saturated carbocycles. The highest BCUT2D eigenvalue weighted by Gasteiger charge is 2.15. The van der Waals surface area contributed by atoms with Gasteiger partial charge < -0.3 is 5.32 Å². The molecule has 0 aliphatic heterocycles. The van der Waals surface area contributed by atoms with E-state index < -0.39 is 28.3 Å². The van der Waals surface area contributed by atoms with Crippen LogP contribution in [-0.4, -0.2) is 20.9 Å². The van der Waals surface area contributed by atoms with Gasteiger partial charge in [0.2, 0.25) is 15.9 Å². The fourth-order valence-corrected chi connectivity index (χ4v) is 2.71. The van der Waals surface area contributed by atoms with Crippen LogP contribution in [0.5, 0.6) is 0 Å². The van der Waals surface area contributed by atoms with Crippen LogP contribution in [0.2, 0.25) is 0 Å². The van der Waals surface area contributed by atoms with E-state index in [1.165, 1.54) is 42.5 Å². The second kappa shape index (κ2) is 7.00. The molecule has 2 aromatic carbocycles. The van der Waals surface area contributed by atoms with Crippen molar-refractivity contribution in [3.63, 3.8) is 0 Å². The predicted octanol–water partition coefficient (Wildman–Crippen LogP) is 1.61. The Kier molecular flexibility index (Phi) is 5.05. The molecule has 23 heavy (non-hydrogen) atoms. The monoisotopic (exact) mass is 333 g/mol. The fourth-order valence-electron chi connectivity index (χ4n) is 1.72. The van der Waals surface area contributed by atoms with Crippen LogP contribution >= 0.6 is 0 Å². The molecular formula is C15H12FN3O3S. The Morgan fingerprint density at radius 3 is 2.48 bits per heavy atom. The van der Waals surface area contributed by atoms with Crippen LogP contribution in [0.15, 0.2) is 53.4 Å². The maximum atomic E-state index is 13.0. The Bertz CT molecular complexity index is 858. The lowest BCUT2D eigenvalue weighted by molar-refractivity contribution is -0.115. The Labute approximate surface area is 132 Å². The van der Waals surface area contributed by atoms with Crippen molar-refractivity contribution >= 4 is 21.6 Å². The molecule has 0 heterocycles. The quantitative estimate of drug-likeness (QED) is 0.868. The third-order valence-corrected chi connectivity index (χ3v) is 4.24. The van der Waals surface area contributed by atoms with Gasteiger partial charge in [0.15, 0.2) is 0 Å². The van der Waals surface area contributed by atoms with Gasteiger partial charge in [-0.15, -0.1) is 0 Å². The summed E-state index contributed by atoms with van der Waals surface area (Å²) in [4.78, 5) is 11.6. The van der Waals surface area contributed by atoms with E-state index in [4.69, 9.17) is 5.26 Å². The molecule has 0 spiro atoms. The molecule has 6 nitrogen and oxygen atoms in total. The zero-order chi connectivity index (χ0) is 16.9. The van der Waals surface area contributed by atoms with E-state index in [9.17, 15) is 17.6 Å². The van der Waals surface area contributed by atoms with E-state index in [0.717, 1.165) is 6.07 Å². The molecule has 0 radical (unpaired) electrons. The first-order valence-corrected chi connectivity index (χ1v) is 7.94. The number of anilines is 1. The molecule has 0 saturated heterocycles. The van der Waals surface area contributed by atoms with Crippen LogP contribution in [0.1, 0.15) is 5.56 Å². The average Bonchev–Trinajstić information content (AvgIpc) is 2.53. The van der Waals surface area contributed by atoms with Crippen molar-refractivity contribution in [2.24, 2.45) is 0 Å². The second-order valence-corrected chi connectivity index (χ2v) is 6.29. The summed E-state index contributed by atoms with van der Waals surface area (Å²) in [6.07, 6.45) is 0. The molecule has 2 rings (SSSR count). The van der Waals surface area contributed by atoms with Crippen LogP contribution in [0.3, 0.4) is 0 Å². The Hall–Kier alpha value is -2.76. The summed E-state index contributed by atoms with van der Waals surface area (Å²) in [6.45, 7) is -0.501. The van der Waals surface area contributed by atoms with E-state index >= 15 is 0 Å². The number of carbonyl (C=O) groups excluding carboxylic acids is 1. The topological polar surface area (TPSA) is 99.1 Å². The minimum Gasteiger partial charge on any atom is -0.325 e. The van der Waals surface area contributed by atoms with Gasteiger partial charge in [0.25, 0.3) is 0 Å². The molecule has 0 atom stereocenters. The van der Waals surface area contributed by atoms with E-state index in [2.05, 4.69) is 10.0 Å². The first-order chi connectivity index (χ1) is 10.9. The molecule has 0 aromatic heterocycles. The highest BCUT2D eigenvalue weighted by molar-refractivity contribution is 7.89. The van der Waals surface area contributed by atoms with E-state index in [0.29, 0.717) is 5.56 Å². The van der Waals surface area contributed by atoms with E-state index in [-0.39, 0.29) is 10.6 Å². The van der Waals surface area contributed by atoms with Crippen molar-refractivity contribution in [2.45, 2.75) is 4.90 Å². The number of nitriles is 1. The van der Waals surface area contributed by atoms with Gasteiger partial charge in [0.1, 0.15) is 5.82 Å². The van der Waals surface area contributed by atoms with Crippen molar-refractivity contribution in [1.82, 2.24) is 4.72 Å². The lowest BCUT2D eigenvalue weighted by atomic mass is 10.2. The van der Waals surface area contributed by atoms with Gasteiger partial charge in [-0.3, -0.25) is 4.79 Å². The summed E-state index contributed by atoms with van der Waals surface area (Å²) in [7, 11) is -3.88. The van der Waals surface area contributed by atoms with Crippen LogP contribution in [0.25, 0.3) is 0 Å². The smallest absolute Gasteiger partial charge is 0.241 e. The molecule has 118 valence electrons. The molecule has 2 N–H and O–H groups in total. The summed E-state index contributed by atoms with van der Waals surface area (Å²) in [5, 5.41) is 11.0. The number of halogens is 1. The number of nitrogens with one attached hydrogen (secondary N) is 2. The number of benzene rings is 2. The van der Waals surface area contributed by atoms with Gasteiger partial charge >= 0.3 is 0 Å². The van der Waals surface area contributed by atoms with Gasteiger partial charge in [-0.25, -0.2) is 17.5 Å². The van der Waals surface area contributed by atoms with Crippen LogP contribution in [0, 0.1) is 17.1 Å². The number of amides is 1. The Balaban J connectivity index is 1.98. The van der Waals surface area contributed by atoms with Gasteiger partial charge in [-0.05, 0) is 42.5 Å². The third kappa shape index (κ3) is 4.60. The normalized spacial score (nSPS) is 10.8. The summed E-state index contributed by atoms with van der Waals surface area (Å²) in [5.41, 5.74) is 0.556. The number of rotatable bonds is 5. The number of carbonyl (C=O) groups is 1. The molecule has 0 aliphatic carbocycles. The highest BCUT2D eigenvalue weighted by Crippen LogP contribution is 2.11. The molecule has 2 aromatic rings. The Morgan fingerprint density at radius 1 is 1.17 bits per heavy atom. The van der Waals surface area contributed by atoms with Crippen molar-refractivity contribution in [1.29, 1.82) is 5.26 Å². The first-order valence-electron chi connectivity index (χ1n) is 6.46. The standard InChI is InChI=1S/C15H12FN3O3S/c16-12-2-1-3-13(8-12)19-15(20)10-18-23(21,22)14-6-4-11(9-17)5-7-14/h1-8,18H,10H2,(H,19,20). The van der Waals surface area contributed by atoms with E-state index in [1.807, 2.05) is 6.07 Å². The largest absolute Gasteiger partial charge is 0.325 e. The van der Waals surface area contributed by atoms with Crippen molar-refractivity contribution in [2.75, 3.05) is 11.9 Å². The average molecular weight is 333 g/mol. The second-order valence-electron chi connectivity index (χ2n) is 4.52. The van der Waals surface area contributed by atoms with Crippen LogP contribution < -0.4 is 10.0 Å². The molecule has 0 fully saturated rings. The zero-order valence-corrected chi connectivity index (χ0v) is 12.6. The maximum absolute atomic E-state index is 13.0. The van der Waals surface area contributed by atoms with Gasteiger partial charge in [-0.2, -0.15) is 5.26 Å². The van der Waals surface area contributed by atoms with Crippen molar-refractivity contribution < 1.29 is 17.6 Å². The zero-order valence-electron chi connectivity index (χ0n) is 11.8. The maximum Gasteiger partial charge on any atom is 0.241 e. The summed E-state index contributed by atoms with van der Waals surface area (Å²) < 4.78 is 39.1. The Morgan fingerprint density at radius 2 is 1.87 bits per heavy atom. The van der Waals surface area contributed by atoms with Gasteiger partial charge in [0, 0.05) is 5.69 Å². The van der Waals surface area contributed by atoms with Gasteiger partial charge in [-0.1, -0.05) is 6.07 Å². The van der Waals surface area contributed by atoms with Crippen LogP contribution in [0.4, 0.5) is 10.1 Å². The predicted molar refractivity (Wildman–Crippen MR) is 81.4 cm³/mol. The molecule has 1 amide bonds. The number of sulfonamides is 1. The number of hydrogen-bond donors (Lipinski definition) is 2.